The van der Waals surface area contributed by atoms with E-state index in [1.807, 2.05) is 0 Å². The lowest BCUT2D eigenvalue weighted by molar-refractivity contribution is 0.264. The minimum Gasteiger partial charge on any atom is -0.299 e. The number of nitrogens with zero attached hydrogens (tertiary/aromatic N) is 1. The fourth-order valence-corrected chi connectivity index (χ4v) is 2.46. The van der Waals surface area contributed by atoms with Gasteiger partial charge in [-0.15, -0.1) is 11.6 Å². The molecule has 13 heavy (non-hydrogen) atoms. The number of unbranched alkanes of at least 4 members (excludes halogenated alkanes) is 3. The van der Waals surface area contributed by atoms with Gasteiger partial charge in [0.25, 0.3) is 0 Å². The largest absolute Gasteiger partial charge is 0.299 e. The fraction of sp³-hybridized carbons (Fsp3) is 1.00. The molecule has 1 heterocycles. The van der Waals surface area contributed by atoms with E-state index >= 15 is 0 Å². The van der Waals surface area contributed by atoms with Gasteiger partial charge in [0.05, 0.1) is 0 Å². The van der Waals surface area contributed by atoms with Crippen LogP contribution in [0.4, 0.5) is 0 Å². The monoisotopic (exact) mass is 203 g/mol. The highest BCUT2D eigenvalue weighted by Gasteiger charge is 2.22. The Hall–Kier alpha value is 0.250. The Kier molecular flexibility index (Phi) is 5.81. The fourth-order valence-electron chi connectivity index (χ4n) is 2.11. The maximum absolute atomic E-state index is 5.90. The maximum atomic E-state index is 5.90. The molecule has 0 amide bonds. The zero-order chi connectivity index (χ0) is 9.52. The maximum Gasteiger partial charge on any atom is 0.0379 e. The summed E-state index contributed by atoms with van der Waals surface area (Å²) in [6, 6.07) is 0.684. The zero-order valence-corrected chi connectivity index (χ0v) is 9.52. The van der Waals surface area contributed by atoms with Crippen LogP contribution < -0.4 is 0 Å². The molecule has 0 aromatic carbocycles. The van der Waals surface area contributed by atoms with Crippen LogP contribution in [-0.2, 0) is 0 Å². The SMILES string of the molecule is CCCCCCN1CCCC1CCl. The number of rotatable bonds is 6. The van der Waals surface area contributed by atoms with E-state index in [2.05, 4.69) is 11.8 Å². The third-order valence-corrected chi connectivity index (χ3v) is 3.33. The van der Waals surface area contributed by atoms with Gasteiger partial charge in [-0.25, -0.2) is 0 Å². The molecule has 1 rings (SSSR count). The number of halogens is 1. The van der Waals surface area contributed by atoms with Crippen LogP contribution in [-0.4, -0.2) is 29.9 Å². The number of hydrogen-bond donors (Lipinski definition) is 0. The zero-order valence-electron chi connectivity index (χ0n) is 8.77. The summed E-state index contributed by atoms with van der Waals surface area (Å²) in [5, 5.41) is 0. The predicted octanol–water partition coefficient (Wildman–Crippen LogP) is 3.27. The topological polar surface area (TPSA) is 3.24 Å². The van der Waals surface area contributed by atoms with Crippen molar-refractivity contribution in [1.82, 2.24) is 4.90 Å². The Morgan fingerprint density at radius 3 is 2.85 bits per heavy atom. The number of hydrogen-bond acceptors (Lipinski definition) is 1. The molecular formula is C11H22ClN. The van der Waals surface area contributed by atoms with Crippen molar-refractivity contribution in [3.05, 3.63) is 0 Å². The van der Waals surface area contributed by atoms with E-state index in [1.165, 1.54) is 51.6 Å². The highest BCUT2D eigenvalue weighted by molar-refractivity contribution is 6.18. The van der Waals surface area contributed by atoms with E-state index in [4.69, 9.17) is 11.6 Å². The summed E-state index contributed by atoms with van der Waals surface area (Å²) in [6.07, 6.45) is 8.14. The van der Waals surface area contributed by atoms with Crippen molar-refractivity contribution in [3.8, 4) is 0 Å². The molecular weight excluding hydrogens is 182 g/mol. The summed E-state index contributed by atoms with van der Waals surface area (Å²) in [5.74, 6) is 0.827. The number of alkyl halides is 1. The van der Waals surface area contributed by atoms with Gasteiger partial charge in [0.2, 0.25) is 0 Å². The van der Waals surface area contributed by atoms with E-state index in [0.717, 1.165) is 5.88 Å². The lowest BCUT2D eigenvalue weighted by Crippen LogP contribution is -2.31. The van der Waals surface area contributed by atoms with Crippen LogP contribution in [0.3, 0.4) is 0 Å². The molecule has 0 bridgehead atoms. The quantitative estimate of drug-likeness (QED) is 0.473. The van der Waals surface area contributed by atoms with Crippen LogP contribution in [0, 0.1) is 0 Å². The average molecular weight is 204 g/mol. The first-order valence-corrected chi connectivity index (χ1v) is 6.22. The molecule has 1 atom stereocenters. The molecule has 0 aromatic rings. The van der Waals surface area contributed by atoms with Gasteiger partial charge >= 0.3 is 0 Å². The van der Waals surface area contributed by atoms with Gasteiger partial charge in [-0.05, 0) is 32.4 Å². The number of likely N-dealkylation sites (tertiary alicyclic amines) is 1. The first-order chi connectivity index (χ1) is 6.38. The Labute approximate surface area is 87.4 Å². The first kappa shape index (κ1) is 11.3. The molecule has 1 nitrogen and oxygen atoms in total. The molecule has 0 saturated carbocycles. The van der Waals surface area contributed by atoms with E-state index in [0.29, 0.717) is 6.04 Å². The second kappa shape index (κ2) is 6.67. The Bertz CT molecular complexity index is 127. The Morgan fingerprint density at radius 2 is 2.15 bits per heavy atom. The van der Waals surface area contributed by atoms with Crippen molar-refractivity contribution in [2.24, 2.45) is 0 Å². The van der Waals surface area contributed by atoms with Crippen LogP contribution in [0.5, 0.6) is 0 Å². The van der Waals surface area contributed by atoms with Crippen molar-refractivity contribution < 1.29 is 0 Å². The van der Waals surface area contributed by atoms with Crippen molar-refractivity contribution in [3.63, 3.8) is 0 Å². The molecule has 0 radical (unpaired) electrons. The average Bonchev–Trinajstić information content (AvgIpc) is 2.60. The van der Waals surface area contributed by atoms with Crippen LogP contribution in [0.1, 0.15) is 45.4 Å². The summed E-state index contributed by atoms with van der Waals surface area (Å²) in [6.45, 7) is 4.82. The van der Waals surface area contributed by atoms with Crippen molar-refractivity contribution in [2.75, 3.05) is 19.0 Å². The molecule has 1 fully saturated rings. The predicted molar refractivity (Wildman–Crippen MR) is 59.5 cm³/mol. The second-order valence-corrected chi connectivity index (χ2v) is 4.36. The first-order valence-electron chi connectivity index (χ1n) is 5.68. The van der Waals surface area contributed by atoms with Gasteiger partial charge in [-0.3, -0.25) is 4.90 Å². The smallest absolute Gasteiger partial charge is 0.0379 e. The third-order valence-electron chi connectivity index (χ3n) is 2.98. The summed E-state index contributed by atoms with van der Waals surface area (Å²) in [7, 11) is 0. The van der Waals surface area contributed by atoms with E-state index in [-0.39, 0.29) is 0 Å². The van der Waals surface area contributed by atoms with Gasteiger partial charge in [0, 0.05) is 11.9 Å². The normalized spacial score (nSPS) is 24.0. The Balaban J connectivity index is 2.06. The molecule has 0 spiro atoms. The lowest BCUT2D eigenvalue weighted by atomic mass is 10.2. The molecule has 0 N–H and O–H groups in total. The molecule has 0 aliphatic carbocycles. The summed E-state index contributed by atoms with van der Waals surface area (Å²) < 4.78 is 0. The van der Waals surface area contributed by atoms with Gasteiger partial charge < -0.3 is 0 Å². The lowest BCUT2D eigenvalue weighted by Gasteiger charge is -2.22. The van der Waals surface area contributed by atoms with Crippen LogP contribution in [0.25, 0.3) is 0 Å². The van der Waals surface area contributed by atoms with E-state index in [9.17, 15) is 0 Å². The highest BCUT2D eigenvalue weighted by atomic mass is 35.5. The summed E-state index contributed by atoms with van der Waals surface area (Å²) in [4.78, 5) is 2.57. The van der Waals surface area contributed by atoms with Crippen LogP contribution >= 0.6 is 11.6 Å². The molecule has 1 aliphatic rings. The van der Waals surface area contributed by atoms with Crippen LogP contribution in [0.2, 0.25) is 0 Å². The molecule has 1 unspecified atom stereocenters. The minimum absolute atomic E-state index is 0.684. The van der Waals surface area contributed by atoms with E-state index in [1.54, 1.807) is 0 Å². The van der Waals surface area contributed by atoms with Gasteiger partial charge in [-0.2, -0.15) is 0 Å². The minimum atomic E-state index is 0.684. The third kappa shape index (κ3) is 3.86. The van der Waals surface area contributed by atoms with E-state index < -0.39 is 0 Å². The summed E-state index contributed by atoms with van der Waals surface area (Å²) >= 11 is 5.90. The van der Waals surface area contributed by atoms with Crippen molar-refractivity contribution in [1.29, 1.82) is 0 Å². The molecule has 1 saturated heterocycles. The van der Waals surface area contributed by atoms with Gasteiger partial charge in [0.1, 0.15) is 0 Å². The van der Waals surface area contributed by atoms with Gasteiger partial charge in [-0.1, -0.05) is 26.2 Å². The highest BCUT2D eigenvalue weighted by Crippen LogP contribution is 2.18. The second-order valence-electron chi connectivity index (χ2n) is 4.05. The Morgan fingerprint density at radius 1 is 1.31 bits per heavy atom. The standard InChI is InChI=1S/C11H22ClN/c1-2-3-4-5-8-13-9-6-7-11(13)10-12/h11H,2-10H2,1H3. The summed E-state index contributed by atoms with van der Waals surface area (Å²) in [5.41, 5.74) is 0. The molecule has 0 aromatic heterocycles. The van der Waals surface area contributed by atoms with Crippen molar-refractivity contribution >= 4 is 11.6 Å². The molecule has 78 valence electrons. The van der Waals surface area contributed by atoms with Gasteiger partial charge in [0.15, 0.2) is 0 Å². The van der Waals surface area contributed by atoms with Crippen molar-refractivity contribution in [2.45, 2.75) is 51.5 Å². The molecule has 2 heteroatoms. The van der Waals surface area contributed by atoms with Crippen LogP contribution in [0.15, 0.2) is 0 Å². The molecule has 1 aliphatic heterocycles.